The number of amides is 1. The van der Waals surface area contributed by atoms with Crippen molar-refractivity contribution in [1.29, 1.82) is 0 Å². The second-order valence-electron chi connectivity index (χ2n) is 7.93. The highest BCUT2D eigenvalue weighted by Crippen LogP contribution is 2.32. The van der Waals surface area contributed by atoms with E-state index in [-0.39, 0.29) is 23.8 Å². The lowest BCUT2D eigenvalue weighted by molar-refractivity contribution is 0.0985. The average molecular weight is 498 g/mol. The van der Waals surface area contributed by atoms with E-state index < -0.39 is 11.6 Å². The molecule has 0 radical (unpaired) electrons. The molecule has 1 heterocycles. The second-order valence-corrected chi connectivity index (χ2v) is 8.94. The van der Waals surface area contributed by atoms with Crippen molar-refractivity contribution in [3.63, 3.8) is 0 Å². The van der Waals surface area contributed by atoms with Crippen LogP contribution in [0.25, 0.3) is 10.2 Å². The molecule has 1 amide bonds. The van der Waals surface area contributed by atoms with Crippen LogP contribution in [0.4, 0.5) is 13.9 Å². The Bertz CT molecular complexity index is 1060. The van der Waals surface area contributed by atoms with Gasteiger partial charge in [0.2, 0.25) is 0 Å². The molecular weight excluding hydrogens is 468 g/mol. The summed E-state index contributed by atoms with van der Waals surface area (Å²) in [6.45, 7) is 3.91. The van der Waals surface area contributed by atoms with Crippen molar-refractivity contribution in [3.05, 3.63) is 53.6 Å². The van der Waals surface area contributed by atoms with E-state index in [2.05, 4.69) is 11.9 Å². The number of thiazole rings is 1. The van der Waals surface area contributed by atoms with Crippen molar-refractivity contribution < 1.29 is 18.3 Å². The lowest BCUT2D eigenvalue weighted by Gasteiger charge is -2.21. The molecule has 0 fully saturated rings. The number of ether oxygens (including phenoxy) is 1. The van der Waals surface area contributed by atoms with E-state index in [0.717, 1.165) is 43.2 Å². The summed E-state index contributed by atoms with van der Waals surface area (Å²) >= 11 is 1.11. The molecule has 0 saturated heterocycles. The van der Waals surface area contributed by atoms with Gasteiger partial charge in [0.05, 0.1) is 11.3 Å². The number of rotatable bonds is 11. The Labute approximate surface area is 203 Å². The monoisotopic (exact) mass is 497 g/mol. The lowest BCUT2D eigenvalue weighted by Crippen LogP contribution is -2.33. The number of unbranched alkanes of at least 4 members (excludes halogenated alkanes) is 2. The first-order chi connectivity index (χ1) is 15.4. The predicted octanol–water partition coefficient (Wildman–Crippen LogP) is 6.16. The minimum Gasteiger partial charge on any atom is -0.494 e. The van der Waals surface area contributed by atoms with Crippen LogP contribution in [-0.2, 0) is 0 Å². The topological polar surface area (TPSA) is 45.7 Å². The Kier molecular flexibility index (Phi) is 10.5. The van der Waals surface area contributed by atoms with Gasteiger partial charge in [0.1, 0.15) is 17.1 Å². The van der Waals surface area contributed by atoms with Crippen LogP contribution >= 0.6 is 23.7 Å². The first kappa shape index (κ1) is 27.0. The van der Waals surface area contributed by atoms with Gasteiger partial charge < -0.3 is 9.64 Å². The van der Waals surface area contributed by atoms with Gasteiger partial charge >= 0.3 is 0 Å². The van der Waals surface area contributed by atoms with Crippen LogP contribution in [0.5, 0.6) is 5.75 Å². The van der Waals surface area contributed by atoms with Crippen LogP contribution in [0.2, 0.25) is 0 Å². The van der Waals surface area contributed by atoms with Crippen molar-refractivity contribution in [3.8, 4) is 5.75 Å². The van der Waals surface area contributed by atoms with Crippen molar-refractivity contribution >= 4 is 45.0 Å². The largest absolute Gasteiger partial charge is 0.494 e. The maximum Gasteiger partial charge on any atom is 0.260 e. The molecular formula is C24H30ClF2N3O2S. The molecule has 0 atom stereocenters. The summed E-state index contributed by atoms with van der Waals surface area (Å²) in [5.41, 5.74) is 0.540. The fourth-order valence-electron chi connectivity index (χ4n) is 3.31. The summed E-state index contributed by atoms with van der Waals surface area (Å²) in [5, 5.41) is 0.350. The molecule has 2 aromatic carbocycles. The Balaban J connectivity index is 0.00000385. The molecule has 0 aliphatic carbocycles. The van der Waals surface area contributed by atoms with Crippen LogP contribution < -0.4 is 9.64 Å². The number of aromatic nitrogens is 1. The molecule has 0 bridgehead atoms. The average Bonchev–Trinajstić information content (AvgIpc) is 3.18. The van der Waals surface area contributed by atoms with E-state index in [0.29, 0.717) is 40.7 Å². The third-order valence-corrected chi connectivity index (χ3v) is 5.99. The number of benzene rings is 2. The summed E-state index contributed by atoms with van der Waals surface area (Å²) in [4.78, 5) is 21.3. The number of halogens is 3. The van der Waals surface area contributed by atoms with Gasteiger partial charge in [-0.15, -0.1) is 12.4 Å². The highest BCUT2D eigenvalue weighted by atomic mass is 35.5. The molecule has 0 spiro atoms. The quantitative estimate of drug-likeness (QED) is 0.297. The molecule has 0 unspecified atom stereocenters. The Morgan fingerprint density at radius 1 is 1.09 bits per heavy atom. The molecule has 1 aromatic heterocycles. The fraction of sp³-hybridized carbons (Fsp3) is 0.417. The summed E-state index contributed by atoms with van der Waals surface area (Å²) in [5.74, 6) is -1.01. The maximum atomic E-state index is 14.2. The van der Waals surface area contributed by atoms with Gasteiger partial charge in [-0.3, -0.25) is 9.69 Å². The number of nitrogens with zero attached hydrogens (tertiary/aromatic N) is 3. The van der Waals surface area contributed by atoms with E-state index in [1.54, 1.807) is 23.1 Å². The number of anilines is 1. The molecule has 0 saturated carbocycles. The normalized spacial score (nSPS) is 11.0. The minimum atomic E-state index is -0.731. The molecule has 0 N–H and O–H groups in total. The summed E-state index contributed by atoms with van der Waals surface area (Å²) < 4.78 is 34.0. The molecule has 0 aliphatic heterocycles. The third-order valence-electron chi connectivity index (χ3n) is 4.96. The molecule has 3 aromatic rings. The number of hydrogen-bond donors (Lipinski definition) is 0. The first-order valence-electron chi connectivity index (χ1n) is 10.8. The molecule has 9 heteroatoms. The minimum absolute atomic E-state index is 0. The Morgan fingerprint density at radius 3 is 2.61 bits per heavy atom. The van der Waals surface area contributed by atoms with Gasteiger partial charge in [-0.25, -0.2) is 13.8 Å². The van der Waals surface area contributed by atoms with E-state index in [1.807, 2.05) is 25.1 Å². The second kappa shape index (κ2) is 12.8. The van der Waals surface area contributed by atoms with Crippen LogP contribution in [0.1, 0.15) is 43.0 Å². The summed E-state index contributed by atoms with van der Waals surface area (Å²) in [7, 11) is 3.92. The van der Waals surface area contributed by atoms with E-state index in [1.165, 1.54) is 6.07 Å². The highest BCUT2D eigenvalue weighted by Gasteiger charge is 2.23. The molecule has 33 heavy (non-hydrogen) atoms. The van der Waals surface area contributed by atoms with Gasteiger partial charge in [0.15, 0.2) is 10.9 Å². The maximum absolute atomic E-state index is 14.2. The number of hydrogen-bond acceptors (Lipinski definition) is 5. The standard InChI is InChI=1S/C24H29F2N3O2S.ClH/c1-4-5-6-13-31-19-10-7-9-17(14-19)23(30)29(12-8-11-28(2)3)24-27-22-20(26)15-18(25)16-21(22)32-24;/h7,9-10,14-16H,4-6,8,11-13H2,1-3H3;1H. The Hall–Kier alpha value is -2.29. The van der Waals surface area contributed by atoms with Crippen LogP contribution in [-0.4, -0.2) is 49.6 Å². The van der Waals surface area contributed by atoms with Crippen molar-refractivity contribution in [2.45, 2.75) is 32.6 Å². The SMILES string of the molecule is CCCCCOc1cccc(C(=O)N(CCCN(C)C)c2nc3c(F)cc(F)cc3s2)c1.Cl. The van der Waals surface area contributed by atoms with Crippen LogP contribution in [0.15, 0.2) is 36.4 Å². The zero-order chi connectivity index (χ0) is 23.1. The van der Waals surface area contributed by atoms with Crippen molar-refractivity contribution in [2.75, 3.05) is 38.7 Å². The van der Waals surface area contributed by atoms with Gasteiger partial charge in [0, 0.05) is 18.2 Å². The van der Waals surface area contributed by atoms with E-state index in [4.69, 9.17) is 4.74 Å². The van der Waals surface area contributed by atoms with Gasteiger partial charge in [-0.1, -0.05) is 37.2 Å². The zero-order valence-electron chi connectivity index (χ0n) is 19.1. The predicted molar refractivity (Wildman–Crippen MR) is 133 cm³/mol. The van der Waals surface area contributed by atoms with E-state index in [9.17, 15) is 13.6 Å². The fourth-order valence-corrected chi connectivity index (χ4v) is 4.34. The van der Waals surface area contributed by atoms with Crippen LogP contribution in [0, 0.1) is 11.6 Å². The van der Waals surface area contributed by atoms with E-state index >= 15 is 0 Å². The van der Waals surface area contributed by atoms with Gasteiger partial charge in [-0.05, 0) is 57.7 Å². The van der Waals surface area contributed by atoms with Crippen molar-refractivity contribution in [1.82, 2.24) is 9.88 Å². The smallest absolute Gasteiger partial charge is 0.260 e. The highest BCUT2D eigenvalue weighted by molar-refractivity contribution is 7.22. The lowest BCUT2D eigenvalue weighted by atomic mass is 10.2. The number of carbonyl (C=O) groups excluding carboxylic acids is 1. The summed E-state index contributed by atoms with van der Waals surface area (Å²) in [6, 6.07) is 9.12. The van der Waals surface area contributed by atoms with Crippen molar-refractivity contribution in [2.24, 2.45) is 0 Å². The first-order valence-corrected chi connectivity index (χ1v) is 11.7. The molecule has 5 nitrogen and oxygen atoms in total. The van der Waals surface area contributed by atoms with Gasteiger partial charge in [-0.2, -0.15) is 0 Å². The number of fused-ring (bicyclic) bond motifs is 1. The third kappa shape index (κ3) is 7.35. The molecule has 3 rings (SSSR count). The molecule has 180 valence electrons. The molecule has 0 aliphatic rings. The Morgan fingerprint density at radius 2 is 1.88 bits per heavy atom. The summed E-state index contributed by atoms with van der Waals surface area (Å²) in [6.07, 6.45) is 3.86. The number of carbonyl (C=O) groups is 1. The zero-order valence-corrected chi connectivity index (χ0v) is 20.8. The van der Waals surface area contributed by atoms with Crippen LogP contribution in [0.3, 0.4) is 0 Å². The van der Waals surface area contributed by atoms with Gasteiger partial charge in [0.25, 0.3) is 5.91 Å².